The Morgan fingerprint density at radius 1 is 1.21 bits per heavy atom. The van der Waals surface area contributed by atoms with Crippen molar-refractivity contribution in [1.29, 1.82) is 5.26 Å². The Morgan fingerprint density at radius 3 is 2.48 bits per heavy atom. The van der Waals surface area contributed by atoms with Crippen LogP contribution in [0.2, 0.25) is 5.02 Å². The molecule has 1 saturated carbocycles. The second kappa shape index (κ2) is 8.85. The molecule has 1 aliphatic heterocycles. The average molecular weight is 468 g/mol. The van der Waals surface area contributed by atoms with Crippen LogP contribution in [0, 0.1) is 22.2 Å². The number of amides is 1. The molecular weight excluding hydrogens is 438 g/mol. The van der Waals surface area contributed by atoms with Crippen LogP contribution in [0.5, 0.6) is 5.75 Å². The minimum absolute atomic E-state index is 0.0933. The summed E-state index contributed by atoms with van der Waals surface area (Å²) in [6.45, 7) is 12.1. The number of carbonyl (C=O) groups is 1. The van der Waals surface area contributed by atoms with Crippen LogP contribution in [0.15, 0.2) is 36.5 Å². The molecule has 1 amide bonds. The Labute approximate surface area is 200 Å². The maximum absolute atomic E-state index is 13.0. The third kappa shape index (κ3) is 4.38. The zero-order valence-electron chi connectivity index (χ0n) is 19.5. The van der Waals surface area contributed by atoms with Gasteiger partial charge < -0.3 is 20.3 Å². The summed E-state index contributed by atoms with van der Waals surface area (Å²) in [5.74, 6) is 1.37. The number of rotatable bonds is 5. The Morgan fingerprint density at radius 2 is 1.91 bits per heavy atom. The average Bonchev–Trinajstić information content (AvgIpc) is 2.81. The minimum atomic E-state index is -0.312. The molecule has 2 fully saturated rings. The summed E-state index contributed by atoms with van der Waals surface area (Å²) in [5.41, 5.74) is 0.336. The van der Waals surface area contributed by atoms with E-state index in [2.05, 4.69) is 54.3 Å². The molecular formula is C25H30ClN5O2. The third-order valence-corrected chi connectivity index (χ3v) is 7.19. The molecule has 1 aliphatic carbocycles. The van der Waals surface area contributed by atoms with Gasteiger partial charge >= 0.3 is 0 Å². The molecule has 33 heavy (non-hydrogen) atoms. The van der Waals surface area contributed by atoms with Gasteiger partial charge in [0.05, 0.1) is 16.1 Å². The fourth-order valence-electron chi connectivity index (χ4n) is 5.41. The Bertz CT molecular complexity index is 1060. The zero-order chi connectivity index (χ0) is 23.8. The number of nitrogens with one attached hydrogen (secondary N) is 2. The van der Waals surface area contributed by atoms with Crippen molar-refractivity contribution in [2.75, 3.05) is 31.1 Å². The highest BCUT2D eigenvalue weighted by Crippen LogP contribution is 2.55. The molecule has 1 aromatic carbocycles. The number of aromatic nitrogens is 1. The molecule has 0 unspecified atom stereocenters. The Kier molecular flexibility index (Phi) is 6.26. The van der Waals surface area contributed by atoms with E-state index in [9.17, 15) is 4.79 Å². The van der Waals surface area contributed by atoms with Gasteiger partial charge in [-0.3, -0.25) is 4.79 Å². The van der Waals surface area contributed by atoms with Crippen LogP contribution >= 0.6 is 11.6 Å². The Hall–Kier alpha value is -2.82. The van der Waals surface area contributed by atoms with E-state index in [1.165, 1.54) is 0 Å². The summed E-state index contributed by atoms with van der Waals surface area (Å²) in [5, 5.41) is 16.0. The van der Waals surface area contributed by atoms with Gasteiger partial charge in [0.1, 0.15) is 23.7 Å². The van der Waals surface area contributed by atoms with Crippen LogP contribution in [0.4, 0.5) is 5.82 Å². The topological polar surface area (TPSA) is 90.3 Å². The molecule has 2 heterocycles. The van der Waals surface area contributed by atoms with Gasteiger partial charge in [0.25, 0.3) is 5.91 Å². The quantitative estimate of drug-likeness (QED) is 0.697. The molecule has 2 aromatic rings. The largest absolute Gasteiger partial charge is 0.489 e. The number of nitrogens with zero attached hydrogens (tertiary/aromatic N) is 3. The molecule has 174 valence electrons. The van der Waals surface area contributed by atoms with E-state index in [1.807, 2.05) is 12.1 Å². The van der Waals surface area contributed by atoms with E-state index in [0.717, 1.165) is 32.0 Å². The summed E-state index contributed by atoms with van der Waals surface area (Å²) >= 11 is 6.17. The number of ether oxygens (including phenoxy) is 1. The lowest BCUT2D eigenvalue weighted by molar-refractivity contribution is -0.164. The van der Waals surface area contributed by atoms with Crippen molar-refractivity contribution in [3.8, 4) is 11.8 Å². The number of piperazine rings is 1. The van der Waals surface area contributed by atoms with Crippen molar-refractivity contribution >= 4 is 23.3 Å². The number of halogens is 1. The van der Waals surface area contributed by atoms with Crippen LogP contribution in [0.25, 0.3) is 0 Å². The normalized spacial score (nSPS) is 23.2. The van der Waals surface area contributed by atoms with Gasteiger partial charge in [0, 0.05) is 55.3 Å². The lowest BCUT2D eigenvalue weighted by atomic mass is 9.49. The van der Waals surface area contributed by atoms with Crippen molar-refractivity contribution in [2.24, 2.45) is 10.8 Å². The number of anilines is 1. The summed E-state index contributed by atoms with van der Waals surface area (Å²) in [6.07, 6.45) is 1.51. The highest BCUT2D eigenvalue weighted by Gasteiger charge is 2.64. The number of carbonyl (C=O) groups excluding carboxylic acids is 1. The molecule has 0 bridgehead atoms. The summed E-state index contributed by atoms with van der Waals surface area (Å²) < 4.78 is 6.29. The van der Waals surface area contributed by atoms with Crippen molar-refractivity contribution < 1.29 is 9.53 Å². The van der Waals surface area contributed by atoms with Gasteiger partial charge in [-0.1, -0.05) is 39.3 Å². The van der Waals surface area contributed by atoms with Gasteiger partial charge in [0.2, 0.25) is 0 Å². The Balaban J connectivity index is 1.43. The standard InChI is InChI=1S/C25H30ClN5O2/c1-24(2)22(25(3,4)23(24)33-18-7-5-16(14-27)19(26)13-18)30-21(32)17-6-8-20(29-15-17)31-11-9-28-10-12-31/h5-8,13,15,22-23,28H,9-12H2,1-4H3,(H,30,32)/t22-,23-. The van der Waals surface area contributed by atoms with Crippen LogP contribution in [-0.2, 0) is 0 Å². The van der Waals surface area contributed by atoms with Crippen molar-refractivity contribution in [3.63, 3.8) is 0 Å². The fraction of sp³-hybridized carbons (Fsp3) is 0.480. The number of pyridine rings is 1. The van der Waals surface area contributed by atoms with E-state index in [0.29, 0.717) is 21.9 Å². The summed E-state index contributed by atoms with van der Waals surface area (Å²) in [6, 6.07) is 10.8. The molecule has 0 atom stereocenters. The first-order chi connectivity index (χ1) is 15.6. The molecule has 2 aliphatic rings. The first kappa shape index (κ1) is 23.3. The molecule has 7 nitrogen and oxygen atoms in total. The predicted molar refractivity (Wildman–Crippen MR) is 129 cm³/mol. The van der Waals surface area contributed by atoms with Crippen molar-refractivity contribution in [1.82, 2.24) is 15.6 Å². The highest BCUT2D eigenvalue weighted by atomic mass is 35.5. The lowest BCUT2D eigenvalue weighted by Gasteiger charge is -2.63. The highest BCUT2D eigenvalue weighted by molar-refractivity contribution is 6.31. The zero-order valence-corrected chi connectivity index (χ0v) is 20.2. The van der Waals surface area contributed by atoms with Crippen molar-refractivity contribution in [3.05, 3.63) is 52.7 Å². The van der Waals surface area contributed by atoms with Crippen molar-refractivity contribution in [2.45, 2.75) is 39.8 Å². The molecule has 2 N–H and O–H groups in total. The number of benzene rings is 1. The number of hydrogen-bond donors (Lipinski definition) is 2. The molecule has 4 rings (SSSR count). The van der Waals surface area contributed by atoms with Gasteiger partial charge in [-0.05, 0) is 24.3 Å². The van der Waals surface area contributed by atoms with Gasteiger partial charge in [-0.25, -0.2) is 4.98 Å². The van der Waals surface area contributed by atoms with Gasteiger partial charge in [-0.15, -0.1) is 0 Å². The maximum Gasteiger partial charge on any atom is 0.253 e. The molecule has 8 heteroatoms. The van der Waals surface area contributed by atoms with E-state index in [1.54, 1.807) is 24.4 Å². The monoisotopic (exact) mass is 467 g/mol. The smallest absolute Gasteiger partial charge is 0.253 e. The van der Waals surface area contributed by atoms with E-state index in [4.69, 9.17) is 21.6 Å². The second-order valence-corrected chi connectivity index (χ2v) is 10.3. The third-order valence-electron chi connectivity index (χ3n) is 6.88. The molecule has 1 aromatic heterocycles. The van der Waals surface area contributed by atoms with Gasteiger partial charge in [-0.2, -0.15) is 5.26 Å². The van der Waals surface area contributed by atoms with E-state index in [-0.39, 0.29) is 28.9 Å². The number of nitriles is 1. The van der Waals surface area contributed by atoms with Gasteiger partial charge in [0.15, 0.2) is 0 Å². The first-order valence-corrected chi connectivity index (χ1v) is 11.6. The van der Waals surface area contributed by atoms with Crippen LogP contribution in [-0.4, -0.2) is 49.2 Å². The molecule has 1 saturated heterocycles. The minimum Gasteiger partial charge on any atom is -0.489 e. The van der Waals surface area contributed by atoms with E-state index < -0.39 is 0 Å². The lowest BCUT2D eigenvalue weighted by Crippen LogP contribution is -2.74. The van der Waals surface area contributed by atoms with Crippen LogP contribution in [0.1, 0.15) is 43.6 Å². The maximum atomic E-state index is 13.0. The van der Waals surface area contributed by atoms with Crippen LogP contribution in [0.3, 0.4) is 0 Å². The molecule has 0 radical (unpaired) electrons. The summed E-state index contributed by atoms with van der Waals surface area (Å²) in [7, 11) is 0. The second-order valence-electron chi connectivity index (χ2n) is 9.94. The summed E-state index contributed by atoms with van der Waals surface area (Å²) in [4.78, 5) is 19.8. The number of hydrogen-bond acceptors (Lipinski definition) is 6. The fourth-order valence-corrected chi connectivity index (χ4v) is 5.62. The first-order valence-electron chi connectivity index (χ1n) is 11.2. The SMILES string of the molecule is CC1(C)[C@H](NC(=O)c2ccc(N3CCNCC3)nc2)C(C)(C)[C@H]1Oc1ccc(C#N)c(Cl)c1. The predicted octanol–water partition coefficient (Wildman–Crippen LogP) is 3.63. The molecule has 0 spiro atoms. The van der Waals surface area contributed by atoms with Crippen LogP contribution < -0.4 is 20.3 Å². The van der Waals surface area contributed by atoms with E-state index >= 15 is 0 Å².